The van der Waals surface area contributed by atoms with E-state index in [0.717, 1.165) is 0 Å². The van der Waals surface area contributed by atoms with Gasteiger partial charge in [-0.05, 0) is 15.8 Å². The van der Waals surface area contributed by atoms with Crippen LogP contribution in [0.25, 0.3) is 0 Å². The van der Waals surface area contributed by atoms with Crippen molar-refractivity contribution in [2.24, 2.45) is 18.9 Å². The Bertz CT molecular complexity index is 498. The van der Waals surface area contributed by atoms with Gasteiger partial charge in [-0.2, -0.15) is 0 Å². The van der Waals surface area contributed by atoms with Gasteiger partial charge in [-0.15, -0.1) is 0 Å². The number of rotatable bonds is 3. The van der Waals surface area contributed by atoms with Gasteiger partial charge in [0.05, 0.1) is 5.92 Å². The lowest BCUT2D eigenvalue weighted by Crippen LogP contribution is -2.25. The highest BCUT2D eigenvalue weighted by atomic mass is 16.6. The number of nitro groups is 1. The lowest BCUT2D eigenvalue weighted by Gasteiger charge is -2.16. The van der Waals surface area contributed by atoms with Crippen LogP contribution in [0.4, 0.5) is 11.6 Å². The summed E-state index contributed by atoms with van der Waals surface area (Å²) in [7, 11) is 1.66. The Morgan fingerprint density at radius 3 is 2.78 bits per heavy atom. The molecule has 1 saturated heterocycles. The molecule has 18 heavy (non-hydrogen) atoms. The van der Waals surface area contributed by atoms with Crippen LogP contribution in [-0.4, -0.2) is 38.6 Å². The number of aromatic nitrogens is 2. The number of anilines is 1. The number of aryl methyl sites for hydroxylation is 1. The van der Waals surface area contributed by atoms with Crippen molar-refractivity contribution in [1.29, 1.82) is 0 Å². The van der Waals surface area contributed by atoms with Gasteiger partial charge in [0, 0.05) is 20.1 Å². The smallest absolute Gasteiger partial charge is 0.406 e. The van der Waals surface area contributed by atoms with Crippen molar-refractivity contribution in [3.8, 4) is 0 Å². The fourth-order valence-electron chi connectivity index (χ4n) is 2.37. The summed E-state index contributed by atoms with van der Waals surface area (Å²) in [5.74, 6) is -1.27. The molecule has 1 aromatic rings. The highest BCUT2D eigenvalue weighted by Gasteiger charge is 2.38. The van der Waals surface area contributed by atoms with Crippen molar-refractivity contribution in [2.45, 2.75) is 6.92 Å². The molecule has 1 aliphatic rings. The van der Waals surface area contributed by atoms with Gasteiger partial charge in [-0.3, -0.25) is 9.36 Å². The molecule has 1 aromatic heterocycles. The van der Waals surface area contributed by atoms with E-state index >= 15 is 0 Å². The quantitative estimate of drug-likeness (QED) is 0.622. The zero-order valence-electron chi connectivity index (χ0n) is 10.1. The molecule has 1 fully saturated rings. The van der Waals surface area contributed by atoms with Crippen LogP contribution in [0.5, 0.6) is 0 Å². The number of imidazole rings is 1. The first-order valence-electron chi connectivity index (χ1n) is 5.55. The van der Waals surface area contributed by atoms with Crippen LogP contribution >= 0.6 is 0 Å². The van der Waals surface area contributed by atoms with Crippen LogP contribution in [0.15, 0.2) is 6.33 Å². The van der Waals surface area contributed by atoms with E-state index in [9.17, 15) is 14.9 Å². The molecular weight excluding hydrogens is 240 g/mol. The van der Waals surface area contributed by atoms with Crippen molar-refractivity contribution in [2.75, 3.05) is 18.0 Å². The summed E-state index contributed by atoms with van der Waals surface area (Å²) in [6.45, 7) is 2.59. The third-order valence-electron chi connectivity index (χ3n) is 3.29. The van der Waals surface area contributed by atoms with Crippen LogP contribution in [0.1, 0.15) is 6.92 Å². The van der Waals surface area contributed by atoms with Crippen molar-refractivity contribution >= 4 is 17.6 Å². The van der Waals surface area contributed by atoms with E-state index in [1.807, 2.05) is 6.92 Å². The average molecular weight is 254 g/mol. The molecule has 0 amide bonds. The summed E-state index contributed by atoms with van der Waals surface area (Å²) in [6, 6.07) is 0. The SMILES string of the molecule is CC1CN(c2c([N+](=O)[O-])ncn2C)CC1C(=O)O. The molecule has 0 aromatic carbocycles. The molecule has 2 unspecified atom stereocenters. The van der Waals surface area contributed by atoms with Gasteiger partial charge in [-0.25, -0.2) is 0 Å². The monoisotopic (exact) mass is 254 g/mol. The summed E-state index contributed by atoms with van der Waals surface area (Å²) < 4.78 is 1.55. The molecular formula is C10H14N4O4. The first kappa shape index (κ1) is 12.3. The zero-order valence-corrected chi connectivity index (χ0v) is 10.1. The topological polar surface area (TPSA) is 101 Å². The van der Waals surface area contributed by atoms with Crippen molar-refractivity contribution in [3.05, 3.63) is 16.4 Å². The Labute approximate surface area is 103 Å². The predicted molar refractivity (Wildman–Crippen MR) is 62.4 cm³/mol. The van der Waals surface area contributed by atoms with E-state index in [-0.39, 0.29) is 18.3 Å². The van der Waals surface area contributed by atoms with Crippen LogP contribution in [0.3, 0.4) is 0 Å². The predicted octanol–water partition coefficient (Wildman–Crippen LogP) is 0.485. The number of carboxylic acids is 1. The van der Waals surface area contributed by atoms with Gasteiger partial charge >= 0.3 is 11.8 Å². The van der Waals surface area contributed by atoms with Crippen LogP contribution in [0.2, 0.25) is 0 Å². The maximum Gasteiger partial charge on any atom is 0.406 e. The van der Waals surface area contributed by atoms with Gasteiger partial charge in [0.25, 0.3) is 0 Å². The van der Waals surface area contributed by atoms with E-state index < -0.39 is 16.8 Å². The average Bonchev–Trinajstić information content (AvgIpc) is 2.81. The summed E-state index contributed by atoms with van der Waals surface area (Å²) >= 11 is 0. The number of aliphatic carboxylic acids is 1. The fraction of sp³-hybridized carbons (Fsp3) is 0.600. The van der Waals surface area contributed by atoms with Crippen molar-refractivity contribution in [1.82, 2.24) is 9.55 Å². The van der Waals surface area contributed by atoms with Crippen LogP contribution in [-0.2, 0) is 11.8 Å². The standard InChI is InChI=1S/C10H14N4O4/c1-6-3-13(4-7(6)10(15)16)9-8(14(17)18)11-5-12(9)2/h5-7H,3-4H2,1-2H3,(H,15,16). The molecule has 8 heteroatoms. The highest BCUT2D eigenvalue weighted by Crippen LogP contribution is 2.33. The van der Waals surface area contributed by atoms with Gasteiger partial charge < -0.3 is 20.1 Å². The molecule has 0 spiro atoms. The normalized spacial score (nSPS) is 23.3. The molecule has 98 valence electrons. The number of hydrogen-bond donors (Lipinski definition) is 1. The first-order chi connectivity index (χ1) is 8.41. The summed E-state index contributed by atoms with van der Waals surface area (Å²) in [5, 5.41) is 19.9. The van der Waals surface area contributed by atoms with Crippen LogP contribution in [0, 0.1) is 22.0 Å². The molecule has 1 aliphatic heterocycles. The number of nitrogens with zero attached hydrogens (tertiary/aromatic N) is 4. The lowest BCUT2D eigenvalue weighted by atomic mass is 9.99. The van der Waals surface area contributed by atoms with Crippen LogP contribution < -0.4 is 4.90 Å². The Kier molecular flexibility index (Phi) is 2.93. The summed E-state index contributed by atoms with van der Waals surface area (Å²) in [4.78, 5) is 26.8. The molecule has 2 atom stereocenters. The minimum Gasteiger partial charge on any atom is -0.481 e. The number of carbonyl (C=O) groups is 1. The largest absolute Gasteiger partial charge is 0.481 e. The van der Waals surface area contributed by atoms with E-state index in [0.29, 0.717) is 12.4 Å². The summed E-state index contributed by atoms with van der Waals surface area (Å²) in [6.07, 6.45) is 1.37. The Hall–Kier alpha value is -2.12. The lowest BCUT2D eigenvalue weighted by molar-refractivity contribution is -0.388. The summed E-state index contributed by atoms with van der Waals surface area (Å²) in [5.41, 5.74) is 0. The van der Waals surface area contributed by atoms with E-state index in [2.05, 4.69) is 4.98 Å². The Morgan fingerprint density at radius 2 is 2.28 bits per heavy atom. The fourth-order valence-corrected chi connectivity index (χ4v) is 2.37. The minimum absolute atomic E-state index is 0.0444. The third kappa shape index (κ3) is 1.89. The van der Waals surface area contributed by atoms with Gasteiger partial charge in [0.2, 0.25) is 12.1 Å². The Morgan fingerprint density at radius 1 is 1.61 bits per heavy atom. The molecule has 0 radical (unpaired) electrons. The minimum atomic E-state index is -0.866. The second kappa shape index (κ2) is 4.28. The molecule has 2 rings (SSSR count). The maximum atomic E-state index is 11.0. The maximum absolute atomic E-state index is 11.0. The second-order valence-corrected chi connectivity index (χ2v) is 4.59. The third-order valence-corrected chi connectivity index (χ3v) is 3.29. The Balaban J connectivity index is 2.31. The highest BCUT2D eigenvalue weighted by molar-refractivity contribution is 5.73. The number of hydrogen-bond acceptors (Lipinski definition) is 5. The van der Waals surface area contributed by atoms with Gasteiger partial charge in [-0.1, -0.05) is 6.92 Å². The second-order valence-electron chi connectivity index (χ2n) is 4.59. The van der Waals surface area contributed by atoms with E-state index in [1.165, 1.54) is 6.33 Å². The van der Waals surface area contributed by atoms with E-state index in [1.54, 1.807) is 16.5 Å². The molecule has 1 N–H and O–H groups in total. The zero-order chi connectivity index (χ0) is 13.4. The van der Waals surface area contributed by atoms with Crippen molar-refractivity contribution in [3.63, 3.8) is 0 Å². The number of carboxylic acid groups (broad SMARTS) is 1. The van der Waals surface area contributed by atoms with Crippen molar-refractivity contribution < 1.29 is 14.8 Å². The first-order valence-corrected chi connectivity index (χ1v) is 5.55. The molecule has 8 nitrogen and oxygen atoms in total. The molecule has 0 saturated carbocycles. The van der Waals surface area contributed by atoms with Gasteiger partial charge in [0.15, 0.2) is 0 Å². The van der Waals surface area contributed by atoms with Gasteiger partial charge in [0.1, 0.15) is 0 Å². The molecule has 0 bridgehead atoms. The molecule has 0 aliphatic carbocycles. The molecule has 2 heterocycles. The van der Waals surface area contributed by atoms with E-state index in [4.69, 9.17) is 5.11 Å².